The second-order valence-corrected chi connectivity index (χ2v) is 3.81. The number of hydrogen-bond donors (Lipinski definition) is 2. The number of nitrogens with zero attached hydrogens (tertiary/aromatic N) is 1. The molecule has 5 nitrogen and oxygen atoms in total. The van der Waals surface area contributed by atoms with Gasteiger partial charge in [0.25, 0.3) is 12.3 Å². The highest BCUT2D eigenvalue weighted by Crippen LogP contribution is 2.09. The fourth-order valence-electron chi connectivity index (χ4n) is 1.52. The standard InChI is InChI=1S/C12H14F2N2O3/c13-10(14)7-16(5-6-17)12(19)9-3-1-8(2-4-9)11(15)18/h1-4,10,17H,5-7H2,(H2,15,18). The average Bonchev–Trinajstić information content (AvgIpc) is 2.37. The van der Waals surface area contributed by atoms with Gasteiger partial charge >= 0.3 is 0 Å². The molecule has 0 atom stereocenters. The molecule has 7 heteroatoms. The van der Waals surface area contributed by atoms with Gasteiger partial charge in [-0.1, -0.05) is 0 Å². The van der Waals surface area contributed by atoms with Gasteiger partial charge in [-0.2, -0.15) is 0 Å². The van der Waals surface area contributed by atoms with Crippen molar-refractivity contribution >= 4 is 11.8 Å². The summed E-state index contributed by atoms with van der Waals surface area (Å²) in [6.45, 7) is -1.34. The van der Waals surface area contributed by atoms with Crippen LogP contribution in [0, 0.1) is 0 Å². The van der Waals surface area contributed by atoms with Crippen LogP contribution in [-0.2, 0) is 0 Å². The Balaban J connectivity index is 2.86. The maximum Gasteiger partial charge on any atom is 0.255 e. The third kappa shape index (κ3) is 4.29. The first-order valence-corrected chi connectivity index (χ1v) is 5.54. The molecule has 0 aliphatic heterocycles. The smallest absolute Gasteiger partial charge is 0.255 e. The molecule has 0 saturated carbocycles. The normalized spacial score (nSPS) is 10.5. The van der Waals surface area contributed by atoms with E-state index in [1.807, 2.05) is 0 Å². The highest BCUT2D eigenvalue weighted by molar-refractivity contribution is 5.97. The zero-order valence-electron chi connectivity index (χ0n) is 10.1. The minimum atomic E-state index is -2.68. The minimum absolute atomic E-state index is 0.152. The van der Waals surface area contributed by atoms with E-state index in [4.69, 9.17) is 10.8 Å². The Labute approximate surface area is 108 Å². The van der Waals surface area contributed by atoms with Crippen LogP contribution in [0.4, 0.5) is 8.78 Å². The quantitative estimate of drug-likeness (QED) is 0.790. The summed E-state index contributed by atoms with van der Waals surface area (Å²) in [5.41, 5.74) is 5.42. The van der Waals surface area contributed by atoms with Crippen LogP contribution in [0.5, 0.6) is 0 Å². The van der Waals surface area contributed by atoms with Gasteiger partial charge in [0.1, 0.15) is 0 Å². The number of halogens is 2. The minimum Gasteiger partial charge on any atom is -0.395 e. The van der Waals surface area contributed by atoms with E-state index in [-0.39, 0.29) is 17.7 Å². The van der Waals surface area contributed by atoms with Gasteiger partial charge in [-0.25, -0.2) is 8.78 Å². The van der Waals surface area contributed by atoms with E-state index < -0.39 is 31.4 Å². The molecular formula is C12H14F2N2O3. The van der Waals surface area contributed by atoms with Crippen LogP contribution in [0.1, 0.15) is 20.7 Å². The number of amides is 2. The van der Waals surface area contributed by atoms with E-state index in [1.165, 1.54) is 24.3 Å². The fourth-order valence-corrected chi connectivity index (χ4v) is 1.52. The van der Waals surface area contributed by atoms with E-state index in [9.17, 15) is 18.4 Å². The summed E-state index contributed by atoms with van der Waals surface area (Å²) in [6, 6.07) is 5.35. The highest BCUT2D eigenvalue weighted by atomic mass is 19.3. The summed E-state index contributed by atoms with van der Waals surface area (Å²) < 4.78 is 24.6. The maximum atomic E-state index is 12.3. The molecule has 0 saturated heterocycles. The van der Waals surface area contributed by atoms with Crippen molar-refractivity contribution in [1.29, 1.82) is 0 Å². The second-order valence-electron chi connectivity index (χ2n) is 3.81. The molecule has 0 aliphatic carbocycles. The van der Waals surface area contributed by atoms with Gasteiger partial charge in [-0.3, -0.25) is 9.59 Å². The number of hydrogen-bond acceptors (Lipinski definition) is 3. The number of aliphatic hydroxyl groups excluding tert-OH is 1. The van der Waals surface area contributed by atoms with Crippen LogP contribution in [0.15, 0.2) is 24.3 Å². The SMILES string of the molecule is NC(=O)c1ccc(C(=O)N(CCO)CC(F)F)cc1. The number of aliphatic hydroxyl groups is 1. The average molecular weight is 272 g/mol. The summed E-state index contributed by atoms with van der Waals surface area (Å²) in [7, 11) is 0. The Morgan fingerprint density at radius 2 is 1.74 bits per heavy atom. The summed E-state index contributed by atoms with van der Waals surface area (Å²) in [4.78, 5) is 23.6. The van der Waals surface area contributed by atoms with Gasteiger partial charge < -0.3 is 15.7 Å². The molecule has 0 spiro atoms. The summed E-state index contributed by atoms with van der Waals surface area (Å²) in [5, 5.41) is 8.76. The molecule has 1 aromatic rings. The van der Waals surface area contributed by atoms with Crippen molar-refractivity contribution in [3.05, 3.63) is 35.4 Å². The summed E-state index contributed by atoms with van der Waals surface area (Å²) >= 11 is 0. The Morgan fingerprint density at radius 1 is 1.21 bits per heavy atom. The van der Waals surface area contributed by atoms with E-state index in [0.29, 0.717) is 0 Å². The lowest BCUT2D eigenvalue weighted by molar-refractivity contribution is 0.0509. The van der Waals surface area contributed by atoms with Gasteiger partial charge in [-0.05, 0) is 24.3 Å². The molecule has 0 aromatic heterocycles. The lowest BCUT2D eigenvalue weighted by Gasteiger charge is -2.21. The molecule has 0 fully saturated rings. The van der Waals surface area contributed by atoms with E-state index in [2.05, 4.69) is 0 Å². The zero-order chi connectivity index (χ0) is 14.4. The van der Waals surface area contributed by atoms with Crippen LogP contribution in [0.3, 0.4) is 0 Å². The predicted octanol–water partition coefficient (Wildman–Crippen LogP) is 0.485. The van der Waals surface area contributed by atoms with Crippen LogP contribution in [0.25, 0.3) is 0 Å². The number of carbonyl (C=O) groups is 2. The van der Waals surface area contributed by atoms with Crippen molar-refractivity contribution in [3.63, 3.8) is 0 Å². The molecule has 104 valence electrons. The molecule has 19 heavy (non-hydrogen) atoms. The third-order valence-corrected chi connectivity index (χ3v) is 2.43. The fraction of sp³-hybridized carbons (Fsp3) is 0.333. The predicted molar refractivity (Wildman–Crippen MR) is 64.0 cm³/mol. The first kappa shape index (κ1) is 15.0. The van der Waals surface area contributed by atoms with Crippen molar-refractivity contribution in [1.82, 2.24) is 4.90 Å². The van der Waals surface area contributed by atoms with Crippen molar-refractivity contribution < 1.29 is 23.5 Å². The Morgan fingerprint density at radius 3 is 2.16 bits per heavy atom. The molecule has 0 heterocycles. The number of rotatable bonds is 6. The molecule has 3 N–H and O–H groups in total. The van der Waals surface area contributed by atoms with Gasteiger partial charge in [-0.15, -0.1) is 0 Å². The van der Waals surface area contributed by atoms with Gasteiger partial charge in [0.2, 0.25) is 5.91 Å². The van der Waals surface area contributed by atoms with Crippen LogP contribution >= 0.6 is 0 Å². The lowest BCUT2D eigenvalue weighted by Crippen LogP contribution is -2.37. The summed E-state index contributed by atoms with van der Waals surface area (Å²) in [6.07, 6.45) is -2.68. The van der Waals surface area contributed by atoms with Gasteiger partial charge in [0, 0.05) is 17.7 Å². The van der Waals surface area contributed by atoms with Crippen molar-refractivity contribution in [2.24, 2.45) is 5.73 Å². The van der Waals surface area contributed by atoms with E-state index in [1.54, 1.807) is 0 Å². The van der Waals surface area contributed by atoms with Crippen molar-refractivity contribution in [2.75, 3.05) is 19.7 Å². The zero-order valence-corrected chi connectivity index (χ0v) is 10.1. The van der Waals surface area contributed by atoms with Gasteiger partial charge in [0.15, 0.2) is 0 Å². The molecule has 0 bridgehead atoms. The Hall–Kier alpha value is -2.02. The number of nitrogens with two attached hydrogens (primary N) is 1. The van der Waals surface area contributed by atoms with Crippen LogP contribution < -0.4 is 5.73 Å². The topological polar surface area (TPSA) is 83.6 Å². The number of alkyl halides is 2. The molecule has 1 aromatic carbocycles. The monoisotopic (exact) mass is 272 g/mol. The van der Waals surface area contributed by atoms with E-state index in [0.717, 1.165) is 4.90 Å². The molecule has 2 amide bonds. The van der Waals surface area contributed by atoms with Gasteiger partial charge in [0.05, 0.1) is 13.2 Å². The Bertz CT molecular complexity index is 449. The van der Waals surface area contributed by atoms with Crippen molar-refractivity contribution in [3.8, 4) is 0 Å². The van der Waals surface area contributed by atoms with Crippen LogP contribution in [-0.4, -0.2) is 47.9 Å². The number of carbonyl (C=O) groups excluding carboxylic acids is 2. The number of primary amides is 1. The first-order chi connectivity index (χ1) is 8.95. The highest BCUT2D eigenvalue weighted by Gasteiger charge is 2.19. The number of benzene rings is 1. The largest absolute Gasteiger partial charge is 0.395 e. The van der Waals surface area contributed by atoms with Crippen LogP contribution in [0.2, 0.25) is 0 Å². The maximum absolute atomic E-state index is 12.3. The molecular weight excluding hydrogens is 258 g/mol. The van der Waals surface area contributed by atoms with E-state index >= 15 is 0 Å². The molecule has 0 radical (unpaired) electrons. The lowest BCUT2D eigenvalue weighted by atomic mass is 10.1. The Kier molecular flexibility index (Phi) is 5.37. The third-order valence-electron chi connectivity index (χ3n) is 2.43. The second kappa shape index (κ2) is 6.79. The summed E-state index contributed by atoms with van der Waals surface area (Å²) in [5.74, 6) is -1.27. The molecule has 1 rings (SSSR count). The molecule has 0 unspecified atom stereocenters. The van der Waals surface area contributed by atoms with Crippen molar-refractivity contribution in [2.45, 2.75) is 6.43 Å². The first-order valence-electron chi connectivity index (χ1n) is 5.54. The molecule has 0 aliphatic rings.